The molecule has 0 unspecified atom stereocenters. The first kappa shape index (κ1) is 18.1. The third kappa shape index (κ3) is 3.75. The maximum Gasteiger partial charge on any atom is 0.272 e. The van der Waals surface area contributed by atoms with Crippen LogP contribution in [0, 0.1) is 0 Å². The largest absolute Gasteiger partial charge is 0.335 e. The quantitative estimate of drug-likeness (QED) is 0.779. The van der Waals surface area contributed by atoms with E-state index < -0.39 is 0 Å². The number of carbonyl (C=O) groups excluding carboxylic acids is 2. The fourth-order valence-electron chi connectivity index (χ4n) is 2.95. The van der Waals surface area contributed by atoms with Crippen molar-refractivity contribution < 1.29 is 9.59 Å². The molecule has 7 heteroatoms. The highest BCUT2D eigenvalue weighted by atomic mass is 35.5. The van der Waals surface area contributed by atoms with Crippen LogP contribution in [-0.2, 0) is 4.79 Å². The lowest BCUT2D eigenvalue weighted by Gasteiger charge is -2.39. The molecule has 2 amide bonds. The third-order valence-electron chi connectivity index (χ3n) is 4.35. The lowest BCUT2D eigenvalue weighted by atomic mass is 10.1. The number of hydrogen-bond acceptors (Lipinski definition) is 4. The molecule has 0 aliphatic carbocycles. The number of halogens is 1. The van der Waals surface area contributed by atoms with Crippen molar-refractivity contribution >= 4 is 23.4 Å². The van der Waals surface area contributed by atoms with E-state index in [1.807, 2.05) is 19.1 Å². The Hall–Kier alpha value is -2.73. The van der Waals surface area contributed by atoms with Gasteiger partial charge in [0.05, 0.1) is 0 Å². The summed E-state index contributed by atoms with van der Waals surface area (Å²) in [5, 5.41) is 0.627. The molecule has 2 aromatic rings. The predicted octanol–water partition coefficient (Wildman–Crippen LogP) is 2.66. The SMILES string of the molecule is C=CC(=O)N1CCN(C(=O)c2ccnc(-c3ccc(Cl)cc3)n2)[C@@H](C)C1. The fourth-order valence-corrected chi connectivity index (χ4v) is 3.08. The van der Waals surface area contributed by atoms with Gasteiger partial charge in [-0.15, -0.1) is 0 Å². The van der Waals surface area contributed by atoms with Gasteiger partial charge in [-0.05, 0) is 43.3 Å². The standard InChI is InChI=1S/C19H19ClN4O2/c1-3-17(25)23-10-11-24(13(2)12-23)19(26)16-8-9-21-18(22-16)14-4-6-15(20)7-5-14/h3-9,13H,1,10-12H2,2H3/t13-/m0/s1. The van der Waals surface area contributed by atoms with Gasteiger partial charge in [0.2, 0.25) is 5.91 Å². The summed E-state index contributed by atoms with van der Waals surface area (Å²) in [5.41, 5.74) is 1.12. The molecular weight excluding hydrogens is 352 g/mol. The molecule has 1 aromatic heterocycles. The van der Waals surface area contributed by atoms with Crippen LogP contribution >= 0.6 is 11.6 Å². The van der Waals surface area contributed by atoms with E-state index in [4.69, 9.17) is 11.6 Å². The highest BCUT2D eigenvalue weighted by Gasteiger charge is 2.30. The van der Waals surface area contributed by atoms with Crippen LogP contribution in [0.5, 0.6) is 0 Å². The molecule has 1 saturated heterocycles. The minimum absolute atomic E-state index is 0.103. The number of nitrogens with zero attached hydrogens (tertiary/aromatic N) is 4. The summed E-state index contributed by atoms with van der Waals surface area (Å²) >= 11 is 5.91. The van der Waals surface area contributed by atoms with E-state index in [0.717, 1.165) is 5.56 Å². The van der Waals surface area contributed by atoms with Gasteiger partial charge in [-0.3, -0.25) is 9.59 Å². The second-order valence-corrected chi connectivity index (χ2v) is 6.54. The Bertz CT molecular complexity index is 838. The van der Waals surface area contributed by atoms with Crippen molar-refractivity contribution in [3.05, 3.63) is 59.9 Å². The van der Waals surface area contributed by atoms with Gasteiger partial charge in [-0.1, -0.05) is 18.2 Å². The number of aromatic nitrogens is 2. The van der Waals surface area contributed by atoms with Crippen molar-refractivity contribution in [1.29, 1.82) is 0 Å². The summed E-state index contributed by atoms with van der Waals surface area (Å²) in [4.78, 5) is 36.7. The summed E-state index contributed by atoms with van der Waals surface area (Å²) in [6.07, 6.45) is 2.87. The maximum atomic E-state index is 12.9. The Morgan fingerprint density at radius 3 is 2.62 bits per heavy atom. The molecule has 26 heavy (non-hydrogen) atoms. The first-order valence-corrected chi connectivity index (χ1v) is 8.68. The first-order valence-electron chi connectivity index (χ1n) is 8.31. The zero-order valence-electron chi connectivity index (χ0n) is 14.4. The Balaban J connectivity index is 1.78. The van der Waals surface area contributed by atoms with Crippen LogP contribution in [-0.4, -0.2) is 57.3 Å². The Labute approximate surface area is 157 Å². The fraction of sp³-hybridized carbons (Fsp3) is 0.263. The highest BCUT2D eigenvalue weighted by Crippen LogP contribution is 2.19. The summed E-state index contributed by atoms with van der Waals surface area (Å²) in [6.45, 7) is 6.85. The van der Waals surface area contributed by atoms with E-state index in [2.05, 4.69) is 16.5 Å². The van der Waals surface area contributed by atoms with E-state index in [9.17, 15) is 9.59 Å². The van der Waals surface area contributed by atoms with Gasteiger partial charge < -0.3 is 9.80 Å². The molecule has 0 radical (unpaired) electrons. The predicted molar refractivity (Wildman–Crippen MR) is 99.8 cm³/mol. The van der Waals surface area contributed by atoms with Crippen molar-refractivity contribution in [3.8, 4) is 11.4 Å². The Kier molecular flexibility index (Phi) is 5.32. The van der Waals surface area contributed by atoms with Gasteiger partial charge in [-0.25, -0.2) is 9.97 Å². The van der Waals surface area contributed by atoms with Crippen molar-refractivity contribution in [2.24, 2.45) is 0 Å². The van der Waals surface area contributed by atoms with Crippen molar-refractivity contribution in [3.63, 3.8) is 0 Å². The highest BCUT2D eigenvalue weighted by molar-refractivity contribution is 6.30. The van der Waals surface area contributed by atoms with Crippen LogP contribution < -0.4 is 0 Å². The second kappa shape index (κ2) is 7.66. The van der Waals surface area contributed by atoms with Crippen LogP contribution in [0.3, 0.4) is 0 Å². The van der Waals surface area contributed by atoms with E-state index in [0.29, 0.717) is 36.2 Å². The first-order chi connectivity index (χ1) is 12.5. The van der Waals surface area contributed by atoms with Crippen LogP contribution in [0.4, 0.5) is 0 Å². The Morgan fingerprint density at radius 1 is 1.23 bits per heavy atom. The minimum atomic E-state index is -0.166. The smallest absolute Gasteiger partial charge is 0.272 e. The van der Waals surface area contributed by atoms with Crippen LogP contribution in [0.15, 0.2) is 49.2 Å². The van der Waals surface area contributed by atoms with E-state index in [1.165, 1.54) is 6.08 Å². The second-order valence-electron chi connectivity index (χ2n) is 6.11. The topological polar surface area (TPSA) is 66.4 Å². The monoisotopic (exact) mass is 370 g/mol. The average molecular weight is 371 g/mol. The van der Waals surface area contributed by atoms with Gasteiger partial charge in [0.1, 0.15) is 5.69 Å². The molecule has 6 nitrogen and oxygen atoms in total. The summed E-state index contributed by atoms with van der Waals surface area (Å²) in [7, 11) is 0. The number of hydrogen-bond donors (Lipinski definition) is 0. The lowest BCUT2D eigenvalue weighted by Crippen LogP contribution is -2.55. The normalized spacial score (nSPS) is 17.1. The van der Waals surface area contributed by atoms with E-state index >= 15 is 0 Å². The summed E-state index contributed by atoms with van der Waals surface area (Å²) < 4.78 is 0. The van der Waals surface area contributed by atoms with Crippen LogP contribution in [0.25, 0.3) is 11.4 Å². The summed E-state index contributed by atoms with van der Waals surface area (Å²) in [6, 6.07) is 8.64. The van der Waals surface area contributed by atoms with Gasteiger partial charge in [0, 0.05) is 42.5 Å². The number of carbonyl (C=O) groups is 2. The molecule has 1 aliphatic rings. The molecule has 134 valence electrons. The van der Waals surface area contributed by atoms with Crippen molar-refractivity contribution in [2.75, 3.05) is 19.6 Å². The van der Waals surface area contributed by atoms with Gasteiger partial charge >= 0.3 is 0 Å². The Morgan fingerprint density at radius 2 is 1.96 bits per heavy atom. The van der Waals surface area contributed by atoms with Crippen molar-refractivity contribution in [1.82, 2.24) is 19.8 Å². The molecule has 0 saturated carbocycles. The molecule has 0 N–H and O–H groups in total. The molecule has 0 spiro atoms. The number of rotatable bonds is 3. The van der Waals surface area contributed by atoms with E-state index in [1.54, 1.807) is 34.2 Å². The van der Waals surface area contributed by atoms with Crippen LogP contribution in [0.2, 0.25) is 5.02 Å². The maximum absolute atomic E-state index is 12.9. The molecule has 1 aromatic carbocycles. The third-order valence-corrected chi connectivity index (χ3v) is 4.60. The number of piperazine rings is 1. The molecule has 3 rings (SSSR count). The number of amides is 2. The zero-order chi connectivity index (χ0) is 18.7. The average Bonchev–Trinajstić information content (AvgIpc) is 2.67. The minimum Gasteiger partial charge on any atom is -0.335 e. The van der Waals surface area contributed by atoms with Gasteiger partial charge in [0.25, 0.3) is 5.91 Å². The summed E-state index contributed by atoms with van der Waals surface area (Å²) in [5.74, 6) is 0.192. The molecular formula is C19H19ClN4O2. The van der Waals surface area contributed by atoms with Crippen LogP contribution in [0.1, 0.15) is 17.4 Å². The van der Waals surface area contributed by atoms with Crippen molar-refractivity contribution in [2.45, 2.75) is 13.0 Å². The molecule has 1 aliphatic heterocycles. The lowest BCUT2D eigenvalue weighted by molar-refractivity contribution is -0.128. The van der Waals surface area contributed by atoms with Gasteiger partial charge in [-0.2, -0.15) is 0 Å². The zero-order valence-corrected chi connectivity index (χ0v) is 15.2. The van der Waals surface area contributed by atoms with Gasteiger partial charge in [0.15, 0.2) is 5.82 Å². The number of benzene rings is 1. The van der Waals surface area contributed by atoms with E-state index in [-0.39, 0.29) is 17.9 Å². The molecule has 1 fully saturated rings. The molecule has 1 atom stereocenters. The molecule has 2 heterocycles. The molecule has 0 bridgehead atoms.